The summed E-state index contributed by atoms with van der Waals surface area (Å²) in [6.07, 6.45) is 5.20. The van der Waals surface area contributed by atoms with Gasteiger partial charge < -0.3 is 9.21 Å². The predicted molar refractivity (Wildman–Crippen MR) is 63.2 cm³/mol. The maximum absolute atomic E-state index is 11.6. The number of carbonyl (C=O) groups excluding carboxylic acids is 1. The van der Waals surface area contributed by atoms with Crippen LogP contribution in [0.15, 0.2) is 21.3 Å². The van der Waals surface area contributed by atoms with Crippen LogP contribution in [0.4, 0.5) is 0 Å². The molecular formula is C13H13NO3. The van der Waals surface area contributed by atoms with Crippen LogP contribution < -0.4 is 5.76 Å². The number of aldehydes is 1. The Labute approximate surface area is 97.8 Å². The molecule has 0 bridgehead atoms. The summed E-state index contributed by atoms with van der Waals surface area (Å²) in [6.45, 7) is 0.0601. The smallest absolute Gasteiger partial charge is 0.408 e. The van der Waals surface area contributed by atoms with Gasteiger partial charge in [0.1, 0.15) is 6.29 Å². The Bertz CT molecular complexity index is 636. The Morgan fingerprint density at radius 2 is 1.94 bits per heavy atom. The van der Waals surface area contributed by atoms with Crippen molar-refractivity contribution in [3.63, 3.8) is 0 Å². The number of rotatable bonds is 2. The largest absolute Gasteiger partial charge is 0.420 e. The third-order valence-corrected chi connectivity index (χ3v) is 3.39. The standard InChI is InChI=1S/C13H13NO3/c15-6-5-14-11-7-9-3-1-2-4-10(9)8-12(11)17-13(14)16/h6-8H,1-5H2. The van der Waals surface area contributed by atoms with Crippen molar-refractivity contribution in [1.29, 1.82) is 0 Å². The van der Waals surface area contributed by atoms with Crippen LogP contribution >= 0.6 is 0 Å². The van der Waals surface area contributed by atoms with E-state index in [9.17, 15) is 9.59 Å². The number of carbonyl (C=O) groups is 1. The van der Waals surface area contributed by atoms with Gasteiger partial charge in [-0.15, -0.1) is 0 Å². The monoisotopic (exact) mass is 231 g/mol. The number of aromatic nitrogens is 1. The molecule has 1 aromatic carbocycles. The Hall–Kier alpha value is -1.84. The fourth-order valence-electron chi connectivity index (χ4n) is 2.54. The highest BCUT2D eigenvalue weighted by Crippen LogP contribution is 2.26. The second-order valence-corrected chi connectivity index (χ2v) is 4.44. The molecule has 0 spiro atoms. The Balaban J connectivity index is 2.26. The van der Waals surface area contributed by atoms with E-state index in [1.807, 2.05) is 12.1 Å². The van der Waals surface area contributed by atoms with Gasteiger partial charge in [-0.2, -0.15) is 0 Å². The van der Waals surface area contributed by atoms with Crippen LogP contribution in [-0.2, 0) is 24.2 Å². The third kappa shape index (κ3) is 1.60. The summed E-state index contributed by atoms with van der Waals surface area (Å²) in [5.74, 6) is -0.450. The van der Waals surface area contributed by atoms with Gasteiger partial charge in [0.05, 0.1) is 12.1 Å². The van der Waals surface area contributed by atoms with E-state index in [1.54, 1.807) is 0 Å². The quantitative estimate of drug-likeness (QED) is 0.739. The van der Waals surface area contributed by atoms with E-state index < -0.39 is 5.76 Å². The van der Waals surface area contributed by atoms with Crippen LogP contribution in [0.25, 0.3) is 11.1 Å². The zero-order chi connectivity index (χ0) is 11.8. The van der Waals surface area contributed by atoms with Gasteiger partial charge in [0.25, 0.3) is 0 Å². The first-order chi connectivity index (χ1) is 8.29. The zero-order valence-electron chi connectivity index (χ0n) is 9.44. The molecule has 3 rings (SSSR count). The van der Waals surface area contributed by atoms with E-state index in [4.69, 9.17) is 4.42 Å². The first kappa shape index (κ1) is 10.3. The number of benzene rings is 1. The minimum absolute atomic E-state index is 0.0601. The molecule has 4 heteroatoms. The van der Waals surface area contributed by atoms with Crippen LogP contribution in [0.2, 0.25) is 0 Å². The van der Waals surface area contributed by atoms with Crippen molar-refractivity contribution in [3.8, 4) is 0 Å². The highest BCUT2D eigenvalue weighted by molar-refractivity contribution is 5.76. The molecule has 0 fully saturated rings. The lowest BCUT2D eigenvalue weighted by Gasteiger charge is -2.14. The molecule has 88 valence electrons. The number of aryl methyl sites for hydroxylation is 2. The molecule has 1 aliphatic rings. The SMILES string of the molecule is O=CCn1c(=O)oc2cc3c(cc21)CCCC3. The number of oxazole rings is 1. The minimum atomic E-state index is -0.450. The van der Waals surface area contributed by atoms with Gasteiger partial charge >= 0.3 is 5.76 Å². The molecule has 0 radical (unpaired) electrons. The molecule has 0 N–H and O–H groups in total. The average molecular weight is 231 g/mol. The van der Waals surface area contributed by atoms with Gasteiger partial charge in [0, 0.05) is 0 Å². The molecule has 1 aromatic heterocycles. The topological polar surface area (TPSA) is 52.2 Å². The molecule has 17 heavy (non-hydrogen) atoms. The maximum Gasteiger partial charge on any atom is 0.420 e. The van der Waals surface area contributed by atoms with Crippen molar-refractivity contribution in [3.05, 3.63) is 33.8 Å². The summed E-state index contributed by atoms with van der Waals surface area (Å²) in [5, 5.41) is 0. The normalized spacial score (nSPS) is 14.8. The maximum atomic E-state index is 11.6. The molecule has 0 amide bonds. The molecule has 1 heterocycles. The summed E-state index contributed by atoms with van der Waals surface area (Å²) in [7, 11) is 0. The third-order valence-electron chi connectivity index (χ3n) is 3.39. The Morgan fingerprint density at radius 1 is 1.24 bits per heavy atom. The number of hydrogen-bond acceptors (Lipinski definition) is 3. The van der Waals surface area contributed by atoms with E-state index >= 15 is 0 Å². The average Bonchev–Trinajstić information content (AvgIpc) is 2.63. The van der Waals surface area contributed by atoms with Crippen molar-refractivity contribution in [1.82, 2.24) is 4.57 Å². The molecule has 0 saturated heterocycles. The van der Waals surface area contributed by atoms with Crippen LogP contribution in [0, 0.1) is 0 Å². The van der Waals surface area contributed by atoms with Gasteiger partial charge in [0.15, 0.2) is 5.58 Å². The number of nitrogens with zero attached hydrogens (tertiary/aromatic N) is 1. The fourth-order valence-corrected chi connectivity index (χ4v) is 2.54. The molecule has 0 saturated carbocycles. The number of fused-ring (bicyclic) bond motifs is 2. The second kappa shape index (κ2) is 3.87. The summed E-state index contributed by atoms with van der Waals surface area (Å²) in [4.78, 5) is 22.1. The zero-order valence-corrected chi connectivity index (χ0v) is 9.44. The first-order valence-electron chi connectivity index (χ1n) is 5.88. The molecule has 0 aliphatic heterocycles. The van der Waals surface area contributed by atoms with Crippen molar-refractivity contribution < 1.29 is 9.21 Å². The van der Waals surface area contributed by atoms with Crippen molar-refractivity contribution in [2.24, 2.45) is 0 Å². The summed E-state index contributed by atoms with van der Waals surface area (Å²) in [5.41, 5.74) is 3.89. The minimum Gasteiger partial charge on any atom is -0.408 e. The first-order valence-corrected chi connectivity index (χ1v) is 5.88. The van der Waals surface area contributed by atoms with Gasteiger partial charge in [-0.1, -0.05) is 0 Å². The van der Waals surface area contributed by atoms with E-state index in [1.165, 1.54) is 28.5 Å². The lowest BCUT2D eigenvalue weighted by atomic mass is 9.91. The summed E-state index contributed by atoms with van der Waals surface area (Å²) >= 11 is 0. The van der Waals surface area contributed by atoms with Gasteiger partial charge in [-0.05, 0) is 48.9 Å². The number of hydrogen-bond donors (Lipinski definition) is 0. The van der Waals surface area contributed by atoms with Crippen LogP contribution in [0.3, 0.4) is 0 Å². The van der Waals surface area contributed by atoms with Crippen LogP contribution in [0.5, 0.6) is 0 Å². The summed E-state index contributed by atoms with van der Waals surface area (Å²) < 4.78 is 6.55. The van der Waals surface area contributed by atoms with E-state index in [0.717, 1.165) is 24.6 Å². The molecule has 2 aromatic rings. The van der Waals surface area contributed by atoms with Crippen molar-refractivity contribution in [2.75, 3.05) is 0 Å². The van der Waals surface area contributed by atoms with Crippen LogP contribution in [0.1, 0.15) is 24.0 Å². The van der Waals surface area contributed by atoms with E-state index in [2.05, 4.69) is 0 Å². The Kier molecular flexibility index (Phi) is 2.35. The summed E-state index contributed by atoms with van der Waals surface area (Å²) in [6, 6.07) is 3.95. The van der Waals surface area contributed by atoms with E-state index in [0.29, 0.717) is 5.58 Å². The lowest BCUT2D eigenvalue weighted by Crippen LogP contribution is -2.14. The van der Waals surface area contributed by atoms with Crippen molar-refractivity contribution >= 4 is 17.4 Å². The second-order valence-electron chi connectivity index (χ2n) is 4.44. The fraction of sp³-hybridized carbons (Fsp3) is 0.385. The van der Waals surface area contributed by atoms with Crippen LogP contribution in [-0.4, -0.2) is 10.9 Å². The molecule has 0 atom stereocenters. The predicted octanol–water partition coefficient (Wildman–Crippen LogP) is 1.67. The van der Waals surface area contributed by atoms with Gasteiger partial charge in [-0.3, -0.25) is 4.57 Å². The van der Waals surface area contributed by atoms with E-state index in [-0.39, 0.29) is 6.54 Å². The molecule has 1 aliphatic carbocycles. The van der Waals surface area contributed by atoms with Gasteiger partial charge in [-0.25, -0.2) is 4.79 Å². The lowest BCUT2D eigenvalue weighted by molar-refractivity contribution is -0.108. The highest BCUT2D eigenvalue weighted by Gasteiger charge is 2.15. The molecule has 4 nitrogen and oxygen atoms in total. The Morgan fingerprint density at radius 3 is 2.65 bits per heavy atom. The highest BCUT2D eigenvalue weighted by atomic mass is 16.4. The van der Waals surface area contributed by atoms with Gasteiger partial charge in [0.2, 0.25) is 0 Å². The molecule has 0 unspecified atom stereocenters. The molecular weight excluding hydrogens is 218 g/mol. The van der Waals surface area contributed by atoms with Crippen molar-refractivity contribution in [2.45, 2.75) is 32.2 Å².